The van der Waals surface area contributed by atoms with E-state index >= 15 is 0 Å². The van der Waals surface area contributed by atoms with Crippen molar-refractivity contribution in [2.24, 2.45) is 0 Å². The molecule has 2 aliphatic heterocycles. The molecule has 5 heteroatoms. The molecule has 0 spiro atoms. The van der Waals surface area contributed by atoms with Gasteiger partial charge in [0.05, 0.1) is 12.1 Å². The van der Waals surface area contributed by atoms with Crippen molar-refractivity contribution in [3.63, 3.8) is 0 Å². The Labute approximate surface area is 156 Å². The number of nitrogens with zero attached hydrogens (tertiary/aromatic N) is 2. The maximum Gasteiger partial charge on any atom is 0.236 e. The number of rotatable bonds is 5. The van der Waals surface area contributed by atoms with Crippen molar-refractivity contribution >= 4 is 5.91 Å². The predicted molar refractivity (Wildman–Crippen MR) is 102 cm³/mol. The summed E-state index contributed by atoms with van der Waals surface area (Å²) >= 11 is 0. The number of amides is 1. The van der Waals surface area contributed by atoms with E-state index in [4.69, 9.17) is 4.74 Å². The van der Waals surface area contributed by atoms with E-state index in [-0.39, 0.29) is 5.91 Å². The summed E-state index contributed by atoms with van der Waals surface area (Å²) in [6.45, 7) is 4.21. The molecule has 26 heavy (non-hydrogen) atoms. The number of benzene rings is 1. The molecule has 5 nitrogen and oxygen atoms in total. The Bertz CT molecular complexity index is 558. The molecule has 1 aromatic carbocycles. The smallest absolute Gasteiger partial charge is 0.236 e. The van der Waals surface area contributed by atoms with Crippen LogP contribution in [-0.4, -0.2) is 65.7 Å². The molecule has 1 N–H and O–H groups in total. The number of likely N-dealkylation sites (tertiary alicyclic amines) is 2. The van der Waals surface area contributed by atoms with Gasteiger partial charge in [-0.3, -0.25) is 9.69 Å². The summed E-state index contributed by atoms with van der Waals surface area (Å²) in [7, 11) is 0. The first-order valence-electron chi connectivity index (χ1n) is 10.1. The van der Waals surface area contributed by atoms with E-state index in [0.29, 0.717) is 26.0 Å². The molecular formula is C21H32N2O3. The third-order valence-electron chi connectivity index (χ3n) is 5.58. The van der Waals surface area contributed by atoms with Gasteiger partial charge < -0.3 is 14.7 Å². The normalized spacial score (nSPS) is 25.3. The van der Waals surface area contributed by atoms with Crippen LogP contribution in [0.5, 0.6) is 5.75 Å². The molecule has 144 valence electrons. The van der Waals surface area contributed by atoms with Crippen LogP contribution >= 0.6 is 0 Å². The molecule has 1 unspecified atom stereocenters. The molecule has 1 atom stereocenters. The lowest BCUT2D eigenvalue weighted by molar-refractivity contribution is -0.132. The quantitative estimate of drug-likeness (QED) is 0.877. The fraction of sp³-hybridized carbons (Fsp3) is 0.667. The van der Waals surface area contributed by atoms with Crippen LogP contribution in [0.15, 0.2) is 30.3 Å². The monoisotopic (exact) mass is 360 g/mol. The topological polar surface area (TPSA) is 53.0 Å². The molecule has 0 aromatic heterocycles. The number of ether oxygens (including phenoxy) is 1. The highest BCUT2D eigenvalue weighted by Gasteiger charge is 2.32. The number of carbonyl (C=O) groups excluding carboxylic acids is 1. The lowest BCUT2D eigenvalue weighted by Crippen LogP contribution is -2.42. The average Bonchev–Trinajstić information content (AvgIpc) is 3.03. The van der Waals surface area contributed by atoms with Crippen LogP contribution in [0, 0.1) is 0 Å². The standard InChI is InChI=1S/C21H32N2O3/c24-20(23-14-6-1-2-7-15-23)17-22-13-8-11-21(25,12-16-22)18-26-19-9-4-3-5-10-19/h3-5,9-10,25H,1-2,6-8,11-18H2. The summed E-state index contributed by atoms with van der Waals surface area (Å²) in [6, 6.07) is 9.64. The van der Waals surface area contributed by atoms with Crippen molar-refractivity contribution in [1.29, 1.82) is 0 Å². The van der Waals surface area contributed by atoms with Crippen molar-refractivity contribution in [3.8, 4) is 5.75 Å². The highest BCUT2D eigenvalue weighted by molar-refractivity contribution is 5.78. The maximum absolute atomic E-state index is 12.6. The van der Waals surface area contributed by atoms with Gasteiger partial charge in [-0.05, 0) is 50.8 Å². The lowest BCUT2D eigenvalue weighted by atomic mass is 9.96. The van der Waals surface area contributed by atoms with Crippen LogP contribution in [0.3, 0.4) is 0 Å². The van der Waals surface area contributed by atoms with Gasteiger partial charge >= 0.3 is 0 Å². The number of para-hydroxylation sites is 1. The van der Waals surface area contributed by atoms with Crippen molar-refractivity contribution in [1.82, 2.24) is 9.80 Å². The van der Waals surface area contributed by atoms with Gasteiger partial charge in [-0.2, -0.15) is 0 Å². The fourth-order valence-corrected chi connectivity index (χ4v) is 3.88. The Morgan fingerprint density at radius 1 is 0.962 bits per heavy atom. The van der Waals surface area contributed by atoms with E-state index in [1.165, 1.54) is 12.8 Å². The Morgan fingerprint density at radius 2 is 1.69 bits per heavy atom. The van der Waals surface area contributed by atoms with Gasteiger partial charge in [0.1, 0.15) is 12.4 Å². The van der Waals surface area contributed by atoms with Crippen LogP contribution in [0.1, 0.15) is 44.9 Å². The first kappa shape index (κ1) is 19.2. The van der Waals surface area contributed by atoms with Crippen molar-refractivity contribution in [2.45, 2.75) is 50.5 Å². The summed E-state index contributed by atoms with van der Waals surface area (Å²) in [4.78, 5) is 16.8. The molecule has 0 saturated carbocycles. The van der Waals surface area contributed by atoms with Crippen LogP contribution in [0.2, 0.25) is 0 Å². The summed E-state index contributed by atoms with van der Waals surface area (Å²) in [5.74, 6) is 1.04. The highest BCUT2D eigenvalue weighted by Crippen LogP contribution is 2.24. The van der Waals surface area contributed by atoms with Crippen LogP contribution in [0.4, 0.5) is 0 Å². The number of hydrogen-bond acceptors (Lipinski definition) is 4. The maximum atomic E-state index is 12.6. The highest BCUT2D eigenvalue weighted by atomic mass is 16.5. The molecule has 3 rings (SSSR count). The van der Waals surface area contributed by atoms with E-state index in [0.717, 1.165) is 51.2 Å². The zero-order valence-corrected chi connectivity index (χ0v) is 15.7. The Hall–Kier alpha value is -1.59. The van der Waals surface area contributed by atoms with Crippen LogP contribution in [0.25, 0.3) is 0 Å². The van der Waals surface area contributed by atoms with E-state index < -0.39 is 5.60 Å². The summed E-state index contributed by atoms with van der Waals surface area (Å²) < 4.78 is 5.79. The third kappa shape index (κ3) is 5.71. The number of hydrogen-bond donors (Lipinski definition) is 1. The molecule has 2 fully saturated rings. The zero-order valence-electron chi connectivity index (χ0n) is 15.7. The Morgan fingerprint density at radius 3 is 2.42 bits per heavy atom. The molecule has 0 radical (unpaired) electrons. The van der Waals surface area contributed by atoms with Crippen LogP contribution in [-0.2, 0) is 4.79 Å². The second-order valence-electron chi connectivity index (χ2n) is 7.75. The minimum Gasteiger partial charge on any atom is -0.491 e. The predicted octanol–water partition coefficient (Wildman–Crippen LogP) is 2.69. The first-order chi connectivity index (χ1) is 12.6. The molecule has 2 aliphatic rings. The molecule has 2 saturated heterocycles. The van der Waals surface area contributed by atoms with Gasteiger partial charge in [-0.15, -0.1) is 0 Å². The Kier molecular flexibility index (Phi) is 6.92. The summed E-state index contributed by atoms with van der Waals surface area (Å²) in [5, 5.41) is 10.9. The van der Waals surface area contributed by atoms with E-state index in [2.05, 4.69) is 4.90 Å². The van der Waals surface area contributed by atoms with Crippen LogP contribution < -0.4 is 4.74 Å². The average molecular weight is 360 g/mol. The Balaban J connectivity index is 1.47. The fourth-order valence-electron chi connectivity index (χ4n) is 3.88. The largest absolute Gasteiger partial charge is 0.491 e. The van der Waals surface area contributed by atoms with Gasteiger partial charge in [-0.1, -0.05) is 31.0 Å². The van der Waals surface area contributed by atoms with E-state index in [1.54, 1.807) is 0 Å². The van der Waals surface area contributed by atoms with Gasteiger partial charge in [0, 0.05) is 19.6 Å². The van der Waals surface area contributed by atoms with Crippen molar-refractivity contribution in [3.05, 3.63) is 30.3 Å². The summed E-state index contributed by atoms with van der Waals surface area (Å²) in [5.41, 5.74) is -0.809. The second kappa shape index (κ2) is 9.38. The minimum absolute atomic E-state index is 0.248. The van der Waals surface area contributed by atoms with Crippen molar-refractivity contribution in [2.75, 3.05) is 39.3 Å². The SMILES string of the molecule is O=C(CN1CCCC(O)(COc2ccccc2)CC1)N1CCCCCC1. The molecule has 2 heterocycles. The van der Waals surface area contributed by atoms with E-state index in [9.17, 15) is 9.90 Å². The van der Waals surface area contributed by atoms with Gasteiger partial charge in [0.15, 0.2) is 0 Å². The molecular weight excluding hydrogens is 328 g/mol. The number of aliphatic hydroxyl groups is 1. The minimum atomic E-state index is -0.809. The van der Waals surface area contributed by atoms with Gasteiger partial charge in [0.2, 0.25) is 5.91 Å². The van der Waals surface area contributed by atoms with E-state index in [1.807, 2.05) is 35.2 Å². The molecule has 1 aromatic rings. The second-order valence-corrected chi connectivity index (χ2v) is 7.75. The van der Waals surface area contributed by atoms with Gasteiger partial charge in [0.25, 0.3) is 0 Å². The summed E-state index contributed by atoms with van der Waals surface area (Å²) in [6.07, 6.45) is 6.98. The molecule has 0 bridgehead atoms. The molecule has 1 amide bonds. The zero-order chi connectivity index (χ0) is 18.2. The molecule has 0 aliphatic carbocycles. The third-order valence-corrected chi connectivity index (χ3v) is 5.58. The van der Waals surface area contributed by atoms with Crippen molar-refractivity contribution < 1.29 is 14.6 Å². The lowest BCUT2D eigenvalue weighted by Gasteiger charge is -2.28. The first-order valence-corrected chi connectivity index (χ1v) is 10.1. The van der Waals surface area contributed by atoms with Gasteiger partial charge in [-0.25, -0.2) is 0 Å². The number of carbonyl (C=O) groups is 1.